The van der Waals surface area contributed by atoms with Crippen LogP contribution in [0.2, 0.25) is 10.0 Å². The highest BCUT2D eigenvalue weighted by Gasteiger charge is 2.35. The van der Waals surface area contributed by atoms with Crippen molar-refractivity contribution in [3.8, 4) is 11.5 Å². The van der Waals surface area contributed by atoms with Crippen LogP contribution in [0.25, 0.3) is 0 Å². The molecule has 0 aliphatic carbocycles. The van der Waals surface area contributed by atoms with Crippen LogP contribution in [0.3, 0.4) is 0 Å². The van der Waals surface area contributed by atoms with Crippen LogP contribution in [-0.4, -0.2) is 31.6 Å². The van der Waals surface area contributed by atoms with Gasteiger partial charge in [-0.2, -0.15) is 0 Å². The first-order valence-corrected chi connectivity index (χ1v) is 9.23. The number of carbonyl (C=O) groups is 2. The Morgan fingerprint density at radius 2 is 1.85 bits per heavy atom. The number of halogens is 2. The fourth-order valence-corrected chi connectivity index (χ4v) is 3.50. The lowest BCUT2D eigenvalue weighted by Crippen LogP contribution is -2.28. The Labute approximate surface area is 165 Å². The van der Waals surface area contributed by atoms with Gasteiger partial charge in [0.1, 0.15) is 13.2 Å². The van der Waals surface area contributed by atoms with E-state index in [2.05, 4.69) is 5.32 Å². The number of amides is 2. The molecule has 4 rings (SSSR count). The fraction of sp³-hybridized carbons (Fsp3) is 0.263. The Bertz CT molecular complexity index is 919. The number of benzene rings is 2. The SMILES string of the molecule is O=C(Nc1cc(Cl)ccc1Cl)[C@@H]1CC(=O)N(c2ccc3c(c2)OCCO3)C1. The minimum atomic E-state index is -0.485. The number of anilines is 2. The Hall–Kier alpha value is -2.44. The van der Waals surface area contributed by atoms with E-state index in [9.17, 15) is 9.59 Å². The van der Waals surface area contributed by atoms with Gasteiger partial charge in [0, 0.05) is 29.7 Å². The number of nitrogens with one attached hydrogen (secondary N) is 1. The smallest absolute Gasteiger partial charge is 0.229 e. The van der Waals surface area contributed by atoms with Gasteiger partial charge in [-0.25, -0.2) is 0 Å². The third-order valence-corrected chi connectivity index (χ3v) is 5.08. The molecule has 1 fully saturated rings. The molecule has 0 saturated carbocycles. The van der Waals surface area contributed by atoms with Gasteiger partial charge in [-0.15, -0.1) is 0 Å². The molecule has 0 unspecified atom stereocenters. The lowest BCUT2D eigenvalue weighted by atomic mass is 10.1. The van der Waals surface area contributed by atoms with Gasteiger partial charge in [-0.1, -0.05) is 23.2 Å². The normalized spacial score (nSPS) is 18.5. The van der Waals surface area contributed by atoms with E-state index in [0.29, 0.717) is 46.1 Å². The Kier molecular flexibility index (Phi) is 4.85. The molecule has 0 radical (unpaired) electrons. The second kappa shape index (κ2) is 7.29. The van der Waals surface area contributed by atoms with Gasteiger partial charge in [0.25, 0.3) is 0 Å². The molecule has 2 amide bonds. The molecule has 1 N–H and O–H groups in total. The summed E-state index contributed by atoms with van der Waals surface area (Å²) in [5.74, 6) is 0.379. The van der Waals surface area contributed by atoms with E-state index in [4.69, 9.17) is 32.7 Å². The maximum Gasteiger partial charge on any atom is 0.229 e. The zero-order valence-corrected chi connectivity index (χ0v) is 15.7. The molecular formula is C19H16Cl2N2O4. The molecule has 1 saturated heterocycles. The van der Waals surface area contributed by atoms with Crippen molar-refractivity contribution in [1.29, 1.82) is 0 Å². The summed E-state index contributed by atoms with van der Waals surface area (Å²) in [5.41, 5.74) is 1.11. The van der Waals surface area contributed by atoms with Crippen LogP contribution >= 0.6 is 23.2 Å². The number of fused-ring (bicyclic) bond motifs is 1. The van der Waals surface area contributed by atoms with Crippen molar-refractivity contribution in [3.63, 3.8) is 0 Å². The maximum absolute atomic E-state index is 12.6. The van der Waals surface area contributed by atoms with Crippen molar-refractivity contribution in [3.05, 3.63) is 46.4 Å². The monoisotopic (exact) mass is 406 g/mol. The van der Waals surface area contributed by atoms with Crippen LogP contribution in [-0.2, 0) is 9.59 Å². The number of rotatable bonds is 3. The summed E-state index contributed by atoms with van der Waals surface area (Å²) in [6, 6.07) is 10.2. The Morgan fingerprint density at radius 1 is 1.07 bits per heavy atom. The Balaban J connectivity index is 1.49. The van der Waals surface area contributed by atoms with Crippen LogP contribution in [0.5, 0.6) is 11.5 Å². The van der Waals surface area contributed by atoms with E-state index >= 15 is 0 Å². The predicted octanol–water partition coefficient (Wildman–Crippen LogP) is 3.76. The average Bonchev–Trinajstić information content (AvgIpc) is 3.06. The molecule has 27 heavy (non-hydrogen) atoms. The van der Waals surface area contributed by atoms with Gasteiger partial charge in [0.2, 0.25) is 11.8 Å². The van der Waals surface area contributed by atoms with E-state index in [1.54, 1.807) is 41.3 Å². The average molecular weight is 407 g/mol. The first-order chi connectivity index (χ1) is 13.0. The molecular weight excluding hydrogens is 391 g/mol. The number of hydrogen-bond donors (Lipinski definition) is 1. The third-order valence-electron chi connectivity index (χ3n) is 4.52. The molecule has 0 spiro atoms. The van der Waals surface area contributed by atoms with Gasteiger partial charge in [-0.3, -0.25) is 9.59 Å². The second-order valence-corrected chi connectivity index (χ2v) is 7.19. The Morgan fingerprint density at radius 3 is 2.67 bits per heavy atom. The number of nitrogens with zero attached hydrogens (tertiary/aromatic N) is 1. The van der Waals surface area contributed by atoms with E-state index in [1.807, 2.05) is 0 Å². The van der Waals surface area contributed by atoms with Crippen molar-refractivity contribution in [2.45, 2.75) is 6.42 Å². The molecule has 2 heterocycles. The quantitative estimate of drug-likeness (QED) is 0.842. The molecule has 2 aliphatic heterocycles. The summed E-state index contributed by atoms with van der Waals surface area (Å²) in [5, 5.41) is 3.61. The lowest BCUT2D eigenvalue weighted by Gasteiger charge is -2.22. The van der Waals surface area contributed by atoms with Crippen LogP contribution in [0.4, 0.5) is 11.4 Å². The molecule has 140 valence electrons. The zero-order chi connectivity index (χ0) is 19.0. The van der Waals surface area contributed by atoms with Crippen molar-refractivity contribution in [1.82, 2.24) is 0 Å². The fourth-order valence-electron chi connectivity index (χ4n) is 3.16. The van der Waals surface area contributed by atoms with Crippen LogP contribution in [0.1, 0.15) is 6.42 Å². The summed E-state index contributed by atoms with van der Waals surface area (Å²) in [6.07, 6.45) is 0.123. The van der Waals surface area contributed by atoms with Crippen LogP contribution in [0, 0.1) is 5.92 Å². The first kappa shape index (κ1) is 17.9. The molecule has 2 aromatic carbocycles. The highest BCUT2D eigenvalue weighted by atomic mass is 35.5. The highest BCUT2D eigenvalue weighted by molar-refractivity contribution is 6.35. The van der Waals surface area contributed by atoms with Gasteiger partial charge in [-0.05, 0) is 30.3 Å². The summed E-state index contributed by atoms with van der Waals surface area (Å²) >= 11 is 12.0. The molecule has 2 aromatic rings. The van der Waals surface area contributed by atoms with E-state index in [-0.39, 0.29) is 24.8 Å². The largest absolute Gasteiger partial charge is 0.486 e. The van der Waals surface area contributed by atoms with Crippen LogP contribution in [0.15, 0.2) is 36.4 Å². The van der Waals surface area contributed by atoms with Crippen LogP contribution < -0.4 is 19.7 Å². The standard InChI is InChI=1S/C19H16Cl2N2O4/c20-12-1-3-14(21)15(8-12)22-19(25)11-7-18(24)23(10-11)13-2-4-16-17(9-13)27-6-5-26-16/h1-4,8-9,11H,5-7,10H2,(H,22,25)/t11-/m1/s1. The number of carbonyl (C=O) groups excluding carboxylic acids is 2. The summed E-state index contributed by atoms with van der Waals surface area (Å²) in [4.78, 5) is 26.6. The minimum absolute atomic E-state index is 0.121. The molecule has 0 bridgehead atoms. The highest BCUT2D eigenvalue weighted by Crippen LogP contribution is 2.36. The second-order valence-electron chi connectivity index (χ2n) is 6.35. The molecule has 0 aromatic heterocycles. The zero-order valence-electron chi connectivity index (χ0n) is 14.2. The molecule has 6 nitrogen and oxygen atoms in total. The van der Waals surface area contributed by atoms with E-state index in [1.165, 1.54) is 0 Å². The van der Waals surface area contributed by atoms with Gasteiger partial charge in [0.15, 0.2) is 11.5 Å². The van der Waals surface area contributed by atoms with Gasteiger partial charge < -0.3 is 19.7 Å². The lowest BCUT2D eigenvalue weighted by molar-refractivity contribution is -0.122. The van der Waals surface area contributed by atoms with E-state index in [0.717, 1.165) is 0 Å². The van der Waals surface area contributed by atoms with Crippen molar-refractivity contribution >= 4 is 46.4 Å². The topological polar surface area (TPSA) is 67.9 Å². The number of hydrogen-bond acceptors (Lipinski definition) is 4. The molecule has 2 aliphatic rings. The van der Waals surface area contributed by atoms with Crippen molar-refractivity contribution < 1.29 is 19.1 Å². The summed E-state index contributed by atoms with van der Waals surface area (Å²) < 4.78 is 11.1. The van der Waals surface area contributed by atoms with Crippen molar-refractivity contribution in [2.24, 2.45) is 5.92 Å². The van der Waals surface area contributed by atoms with Gasteiger partial charge >= 0.3 is 0 Å². The van der Waals surface area contributed by atoms with Crippen molar-refractivity contribution in [2.75, 3.05) is 30.0 Å². The molecule has 8 heteroatoms. The first-order valence-electron chi connectivity index (χ1n) is 8.47. The third kappa shape index (κ3) is 3.68. The summed E-state index contributed by atoms with van der Waals surface area (Å²) in [6.45, 7) is 1.25. The predicted molar refractivity (Wildman–Crippen MR) is 103 cm³/mol. The number of ether oxygens (including phenoxy) is 2. The summed E-state index contributed by atoms with van der Waals surface area (Å²) in [7, 11) is 0. The molecule has 1 atom stereocenters. The van der Waals surface area contributed by atoms with Gasteiger partial charge in [0.05, 0.1) is 16.6 Å². The minimum Gasteiger partial charge on any atom is -0.486 e. The van der Waals surface area contributed by atoms with E-state index < -0.39 is 5.92 Å². The maximum atomic E-state index is 12.6.